The molecular weight excluding hydrogens is 470 g/mol. The molecule has 0 aliphatic carbocycles. The Bertz CT molecular complexity index is 1080. The number of amides is 2. The zero-order chi connectivity index (χ0) is 24.7. The Hall–Kier alpha value is -2.23. The smallest absolute Gasteiger partial charge is 0.243 e. The molecule has 0 bridgehead atoms. The number of hydrogen-bond acceptors (Lipinski definition) is 5. The Kier molecular flexibility index (Phi) is 9.27. The van der Waals surface area contributed by atoms with Gasteiger partial charge in [-0.15, -0.1) is 11.3 Å². The molecule has 1 saturated heterocycles. The molecule has 3 rings (SSSR count). The van der Waals surface area contributed by atoms with Crippen molar-refractivity contribution < 1.29 is 18.0 Å². The average molecular weight is 505 g/mol. The van der Waals surface area contributed by atoms with Gasteiger partial charge in [-0.3, -0.25) is 9.59 Å². The second-order valence-electron chi connectivity index (χ2n) is 8.55. The average Bonchev–Trinajstić information content (AvgIpc) is 3.38. The second kappa shape index (κ2) is 12.0. The van der Waals surface area contributed by atoms with E-state index in [4.69, 9.17) is 0 Å². The highest BCUT2D eigenvalue weighted by Crippen LogP contribution is 2.36. The number of benzene rings is 1. The van der Waals surface area contributed by atoms with Crippen molar-refractivity contribution in [3.8, 4) is 10.4 Å². The number of sulfonamides is 1. The zero-order valence-electron chi connectivity index (χ0n) is 19.9. The summed E-state index contributed by atoms with van der Waals surface area (Å²) in [5.41, 5.74) is 0.857. The van der Waals surface area contributed by atoms with Gasteiger partial charge >= 0.3 is 0 Å². The van der Waals surface area contributed by atoms with Gasteiger partial charge in [-0.2, -0.15) is 4.72 Å². The molecule has 1 atom stereocenters. The highest BCUT2D eigenvalue weighted by molar-refractivity contribution is 7.89. The number of carbonyl (C=O) groups is 2. The summed E-state index contributed by atoms with van der Waals surface area (Å²) in [6.45, 7) is 8.97. The standard InChI is InChI=1S/C25H34N3O4S2/c1-4-9-20(25(30)28-15-13-18(5-2)14-16-28)27-34(31,32)22-12-7-10-19(21-11-8-17-33-21)24(22)26-23(29)6-3/h7-8,10-12,17-18,20,27H,1,4-6,9,13-16H2,2-3H3,(H,26,29)/t20-/m0/s1. The van der Waals surface area contributed by atoms with E-state index < -0.39 is 16.1 Å². The number of rotatable bonds is 10. The first-order chi connectivity index (χ1) is 16.3. The number of nitrogens with zero attached hydrogens (tertiary/aromatic N) is 1. The van der Waals surface area contributed by atoms with Gasteiger partial charge in [0.25, 0.3) is 0 Å². The normalized spacial score (nSPS) is 15.8. The largest absolute Gasteiger partial charge is 0.341 e. The molecule has 1 aromatic carbocycles. The fourth-order valence-corrected chi connectivity index (χ4v) is 6.38. The number of anilines is 1. The summed E-state index contributed by atoms with van der Waals surface area (Å²) >= 11 is 1.46. The van der Waals surface area contributed by atoms with E-state index in [1.807, 2.05) is 17.5 Å². The number of thiophene rings is 1. The van der Waals surface area contributed by atoms with Crippen LogP contribution in [-0.2, 0) is 19.6 Å². The summed E-state index contributed by atoms with van der Waals surface area (Å²) in [6, 6.07) is 7.74. The van der Waals surface area contributed by atoms with Crippen LogP contribution in [0.5, 0.6) is 0 Å². The summed E-state index contributed by atoms with van der Waals surface area (Å²) in [6.07, 6.45) is 3.88. The first-order valence-electron chi connectivity index (χ1n) is 11.9. The number of piperidine rings is 1. The van der Waals surface area contributed by atoms with Crippen LogP contribution in [0.2, 0.25) is 0 Å². The molecule has 2 amide bonds. The Labute approximate surface area is 207 Å². The van der Waals surface area contributed by atoms with E-state index in [0.29, 0.717) is 37.4 Å². The third kappa shape index (κ3) is 6.25. The van der Waals surface area contributed by atoms with Crippen molar-refractivity contribution in [1.82, 2.24) is 9.62 Å². The highest BCUT2D eigenvalue weighted by Gasteiger charge is 2.32. The first-order valence-corrected chi connectivity index (χ1v) is 14.2. The van der Waals surface area contributed by atoms with Gasteiger partial charge in [0.2, 0.25) is 21.8 Å². The van der Waals surface area contributed by atoms with Crippen LogP contribution in [-0.4, -0.2) is 44.3 Å². The van der Waals surface area contributed by atoms with Crippen LogP contribution >= 0.6 is 11.3 Å². The minimum Gasteiger partial charge on any atom is -0.341 e. The van der Waals surface area contributed by atoms with Crippen molar-refractivity contribution in [2.24, 2.45) is 5.92 Å². The minimum absolute atomic E-state index is 0.0493. The summed E-state index contributed by atoms with van der Waals surface area (Å²) in [4.78, 5) is 28.1. The van der Waals surface area contributed by atoms with E-state index in [2.05, 4.69) is 23.9 Å². The van der Waals surface area contributed by atoms with E-state index in [9.17, 15) is 18.0 Å². The molecule has 1 aliphatic rings. The SMILES string of the molecule is [CH2]CC[C@H](NS(=O)(=O)c1cccc(-c2cccs2)c1NC(=O)CC)C(=O)N1CCC(CC)CC1. The van der Waals surface area contributed by atoms with Gasteiger partial charge in [0.05, 0.1) is 5.69 Å². The molecule has 185 valence electrons. The summed E-state index contributed by atoms with van der Waals surface area (Å²) < 4.78 is 29.8. The van der Waals surface area contributed by atoms with Gasteiger partial charge in [0.15, 0.2) is 0 Å². The van der Waals surface area contributed by atoms with Gasteiger partial charge < -0.3 is 10.2 Å². The molecule has 0 saturated carbocycles. The number of likely N-dealkylation sites (tertiary alicyclic amines) is 1. The van der Waals surface area contributed by atoms with Gasteiger partial charge in [0, 0.05) is 30.0 Å². The lowest BCUT2D eigenvalue weighted by Crippen LogP contribution is -2.50. The first kappa shape index (κ1) is 26.4. The van der Waals surface area contributed by atoms with E-state index >= 15 is 0 Å². The molecule has 0 spiro atoms. The van der Waals surface area contributed by atoms with Crippen LogP contribution in [0, 0.1) is 12.8 Å². The third-order valence-electron chi connectivity index (χ3n) is 6.28. The molecule has 1 radical (unpaired) electrons. The van der Waals surface area contributed by atoms with Crippen molar-refractivity contribution in [1.29, 1.82) is 0 Å². The Morgan fingerprint density at radius 3 is 2.50 bits per heavy atom. The molecule has 1 aromatic heterocycles. The van der Waals surface area contributed by atoms with Crippen molar-refractivity contribution >= 4 is 38.9 Å². The van der Waals surface area contributed by atoms with Gasteiger partial charge in [-0.25, -0.2) is 8.42 Å². The number of nitrogens with one attached hydrogen (secondary N) is 2. The lowest BCUT2D eigenvalue weighted by atomic mass is 9.94. The second-order valence-corrected chi connectivity index (χ2v) is 11.2. The van der Waals surface area contributed by atoms with Crippen LogP contribution in [0.25, 0.3) is 10.4 Å². The monoisotopic (exact) mass is 504 g/mol. The molecule has 0 unspecified atom stereocenters. The summed E-state index contributed by atoms with van der Waals surface area (Å²) in [5, 5.41) is 4.67. The van der Waals surface area contributed by atoms with Crippen LogP contribution in [0.15, 0.2) is 40.6 Å². The van der Waals surface area contributed by atoms with E-state index in [0.717, 1.165) is 24.1 Å². The van der Waals surface area contributed by atoms with E-state index in [1.54, 1.807) is 24.0 Å². The van der Waals surface area contributed by atoms with E-state index in [1.165, 1.54) is 17.4 Å². The van der Waals surface area contributed by atoms with Gasteiger partial charge in [-0.1, -0.05) is 51.8 Å². The fraction of sp³-hybridized carbons (Fsp3) is 0.480. The molecular formula is C25H34N3O4S2. The molecule has 34 heavy (non-hydrogen) atoms. The van der Waals surface area contributed by atoms with E-state index in [-0.39, 0.29) is 28.8 Å². The van der Waals surface area contributed by atoms with Gasteiger partial charge in [0.1, 0.15) is 10.9 Å². The maximum Gasteiger partial charge on any atom is 0.243 e. The Morgan fingerprint density at radius 1 is 1.18 bits per heavy atom. The molecule has 2 heterocycles. The third-order valence-corrected chi connectivity index (χ3v) is 8.70. The maximum absolute atomic E-state index is 13.6. The molecule has 9 heteroatoms. The lowest BCUT2D eigenvalue weighted by Gasteiger charge is -2.34. The van der Waals surface area contributed by atoms with Crippen molar-refractivity contribution in [2.45, 2.75) is 63.3 Å². The fourth-order valence-electron chi connectivity index (χ4n) is 4.22. The topological polar surface area (TPSA) is 95.6 Å². The molecule has 2 aromatic rings. The lowest BCUT2D eigenvalue weighted by molar-refractivity contribution is -0.134. The molecule has 2 N–H and O–H groups in total. The molecule has 7 nitrogen and oxygen atoms in total. The van der Waals surface area contributed by atoms with Crippen molar-refractivity contribution in [3.05, 3.63) is 42.6 Å². The predicted molar refractivity (Wildman–Crippen MR) is 137 cm³/mol. The Balaban J connectivity index is 1.92. The Morgan fingerprint density at radius 2 is 1.91 bits per heavy atom. The molecule has 1 fully saturated rings. The van der Waals surface area contributed by atoms with Crippen LogP contribution in [0.3, 0.4) is 0 Å². The number of hydrogen-bond donors (Lipinski definition) is 2. The summed E-state index contributed by atoms with van der Waals surface area (Å²) in [5.74, 6) is 0.108. The van der Waals surface area contributed by atoms with Crippen molar-refractivity contribution in [2.75, 3.05) is 18.4 Å². The highest BCUT2D eigenvalue weighted by atomic mass is 32.2. The van der Waals surface area contributed by atoms with Crippen LogP contribution in [0.1, 0.15) is 52.4 Å². The van der Waals surface area contributed by atoms with Crippen LogP contribution < -0.4 is 10.0 Å². The maximum atomic E-state index is 13.6. The number of para-hydroxylation sites is 1. The molecule has 1 aliphatic heterocycles. The number of carbonyl (C=O) groups excluding carboxylic acids is 2. The minimum atomic E-state index is -4.11. The van der Waals surface area contributed by atoms with Gasteiger partial charge in [-0.05, 0) is 42.7 Å². The van der Waals surface area contributed by atoms with Crippen molar-refractivity contribution in [3.63, 3.8) is 0 Å². The zero-order valence-corrected chi connectivity index (χ0v) is 21.5. The van der Waals surface area contributed by atoms with Crippen LogP contribution in [0.4, 0.5) is 5.69 Å². The predicted octanol–water partition coefficient (Wildman–Crippen LogP) is 4.67. The summed E-state index contributed by atoms with van der Waals surface area (Å²) in [7, 11) is -4.11. The quantitative estimate of drug-likeness (QED) is 0.491.